The summed E-state index contributed by atoms with van der Waals surface area (Å²) >= 11 is 0. The molecule has 0 unspecified atom stereocenters. The predicted molar refractivity (Wildman–Crippen MR) is 119 cm³/mol. The molecule has 158 valence electrons. The van der Waals surface area contributed by atoms with Gasteiger partial charge in [0.15, 0.2) is 12.4 Å². The molecule has 0 radical (unpaired) electrons. The summed E-state index contributed by atoms with van der Waals surface area (Å²) in [5, 5.41) is 0. The number of aromatic nitrogens is 3. The number of pyridine rings is 3. The first-order valence-electron chi connectivity index (χ1n) is 10.5. The minimum atomic E-state index is -0.344. The third-order valence-corrected chi connectivity index (χ3v) is 5.94. The van der Waals surface area contributed by atoms with Crippen LogP contribution < -0.4 is 4.57 Å². The molecule has 0 aromatic carbocycles. The normalized spacial score (nSPS) is 12.8. The van der Waals surface area contributed by atoms with E-state index in [2.05, 4.69) is 94.7 Å². The molecule has 0 N–H and O–H groups in total. The van der Waals surface area contributed by atoms with Crippen molar-refractivity contribution in [3.63, 3.8) is 0 Å². The maximum absolute atomic E-state index is 14.2. The molecular weight excluding hydrogens is 373 g/mol. The maximum Gasteiger partial charge on any atom is 0.204 e. The van der Waals surface area contributed by atoms with Crippen LogP contribution >= 0.6 is 0 Å². The van der Waals surface area contributed by atoms with Crippen molar-refractivity contribution in [2.24, 2.45) is 0 Å². The van der Waals surface area contributed by atoms with Crippen molar-refractivity contribution in [1.82, 2.24) is 9.97 Å². The molecule has 0 amide bonds. The standard InChI is InChI=1S/C26H33FN3/c1-24(2,3)20-11-14-30(15-12-20)26(6,7)23-9-8-19(17-29-23)16-25(4,5)21-10-13-28-18-22(21)27/h8-15,17-18H,16H2,1-7H3/q+1. The first-order valence-corrected chi connectivity index (χ1v) is 10.5. The van der Waals surface area contributed by atoms with E-state index in [1.54, 1.807) is 12.3 Å². The van der Waals surface area contributed by atoms with E-state index in [9.17, 15) is 4.39 Å². The molecule has 30 heavy (non-hydrogen) atoms. The minimum absolute atomic E-state index is 0.129. The molecule has 0 aliphatic heterocycles. The zero-order chi connectivity index (χ0) is 22.2. The van der Waals surface area contributed by atoms with Crippen LogP contribution in [0.15, 0.2) is 61.3 Å². The quantitative estimate of drug-likeness (QED) is 0.523. The minimum Gasteiger partial charge on any atom is -0.262 e. The van der Waals surface area contributed by atoms with E-state index in [0.29, 0.717) is 12.0 Å². The maximum atomic E-state index is 14.2. The Balaban J connectivity index is 1.81. The van der Waals surface area contributed by atoms with Crippen molar-refractivity contribution in [2.75, 3.05) is 0 Å². The molecule has 0 saturated heterocycles. The average Bonchev–Trinajstić information content (AvgIpc) is 2.68. The monoisotopic (exact) mass is 406 g/mol. The van der Waals surface area contributed by atoms with Crippen molar-refractivity contribution in [3.05, 3.63) is 89.5 Å². The first kappa shape index (κ1) is 22.1. The van der Waals surface area contributed by atoms with Crippen molar-refractivity contribution >= 4 is 0 Å². The number of hydrogen-bond acceptors (Lipinski definition) is 2. The summed E-state index contributed by atoms with van der Waals surface area (Å²) in [6.45, 7) is 15.1. The molecule has 3 rings (SSSR count). The van der Waals surface area contributed by atoms with Crippen LogP contribution in [0, 0.1) is 5.82 Å². The van der Waals surface area contributed by atoms with Gasteiger partial charge in [-0.2, -0.15) is 4.57 Å². The summed E-state index contributed by atoms with van der Waals surface area (Å²) in [4.78, 5) is 8.63. The van der Waals surface area contributed by atoms with Gasteiger partial charge >= 0.3 is 0 Å². The van der Waals surface area contributed by atoms with E-state index < -0.39 is 0 Å². The molecule has 0 saturated carbocycles. The second-order valence-electron chi connectivity index (χ2n) is 10.3. The van der Waals surface area contributed by atoms with E-state index in [1.165, 1.54) is 11.8 Å². The average molecular weight is 407 g/mol. The molecule has 0 bridgehead atoms. The van der Waals surface area contributed by atoms with Gasteiger partial charge in [-0.3, -0.25) is 9.97 Å². The molecule has 0 atom stereocenters. The van der Waals surface area contributed by atoms with Gasteiger partial charge in [0, 0.05) is 38.4 Å². The van der Waals surface area contributed by atoms with Crippen LogP contribution in [0.1, 0.15) is 70.9 Å². The fourth-order valence-electron chi connectivity index (χ4n) is 3.85. The van der Waals surface area contributed by atoms with Crippen LogP contribution in [-0.4, -0.2) is 9.97 Å². The number of nitrogens with zero attached hydrogens (tertiary/aromatic N) is 3. The largest absolute Gasteiger partial charge is 0.262 e. The summed E-state index contributed by atoms with van der Waals surface area (Å²) in [7, 11) is 0. The summed E-state index contributed by atoms with van der Waals surface area (Å²) in [6, 6.07) is 10.3. The Morgan fingerprint density at radius 3 is 2.07 bits per heavy atom. The Bertz CT molecular complexity index is 998. The smallest absolute Gasteiger partial charge is 0.204 e. The first-order chi connectivity index (χ1) is 13.9. The highest BCUT2D eigenvalue weighted by Gasteiger charge is 2.33. The van der Waals surface area contributed by atoms with Crippen molar-refractivity contribution in [1.29, 1.82) is 0 Å². The molecule has 0 fully saturated rings. The van der Waals surface area contributed by atoms with E-state index in [1.807, 2.05) is 6.20 Å². The molecule has 3 nitrogen and oxygen atoms in total. The van der Waals surface area contributed by atoms with Crippen LogP contribution in [0.25, 0.3) is 0 Å². The van der Waals surface area contributed by atoms with Gasteiger partial charge < -0.3 is 0 Å². The van der Waals surface area contributed by atoms with E-state index >= 15 is 0 Å². The number of rotatable bonds is 5. The van der Waals surface area contributed by atoms with E-state index in [0.717, 1.165) is 11.3 Å². The second kappa shape index (κ2) is 7.90. The molecule has 3 heterocycles. The van der Waals surface area contributed by atoms with Crippen LogP contribution in [0.3, 0.4) is 0 Å². The summed E-state index contributed by atoms with van der Waals surface area (Å²) in [6.07, 6.45) is 9.81. The highest BCUT2D eigenvalue weighted by atomic mass is 19.1. The molecule has 0 spiro atoms. The lowest BCUT2D eigenvalue weighted by molar-refractivity contribution is -0.748. The van der Waals surface area contributed by atoms with Gasteiger partial charge in [-0.15, -0.1) is 0 Å². The summed E-state index contributed by atoms with van der Waals surface area (Å²) in [5.74, 6) is -0.261. The van der Waals surface area contributed by atoms with E-state index in [4.69, 9.17) is 4.98 Å². The Morgan fingerprint density at radius 2 is 1.53 bits per heavy atom. The molecule has 3 aromatic rings. The third-order valence-electron chi connectivity index (χ3n) is 5.94. The van der Waals surface area contributed by atoms with Gasteiger partial charge in [-0.25, -0.2) is 4.39 Å². The van der Waals surface area contributed by atoms with Crippen molar-refractivity contribution in [2.45, 2.75) is 71.3 Å². The fraction of sp³-hybridized carbons (Fsp3) is 0.423. The highest BCUT2D eigenvalue weighted by molar-refractivity contribution is 5.27. The Morgan fingerprint density at radius 1 is 0.867 bits per heavy atom. The Labute approximate surface area is 180 Å². The lowest BCUT2D eigenvalue weighted by Crippen LogP contribution is -2.53. The lowest BCUT2D eigenvalue weighted by Gasteiger charge is -2.26. The number of halogens is 1. The van der Waals surface area contributed by atoms with Gasteiger partial charge in [-0.1, -0.05) is 40.7 Å². The molecule has 4 heteroatoms. The number of hydrogen-bond donors (Lipinski definition) is 0. The van der Waals surface area contributed by atoms with Crippen LogP contribution in [0.5, 0.6) is 0 Å². The Hall–Kier alpha value is -2.62. The van der Waals surface area contributed by atoms with Gasteiger partial charge in [0.1, 0.15) is 11.5 Å². The highest BCUT2D eigenvalue weighted by Crippen LogP contribution is 2.29. The van der Waals surface area contributed by atoms with Crippen LogP contribution in [-0.2, 0) is 22.8 Å². The van der Waals surface area contributed by atoms with Gasteiger partial charge in [0.05, 0.1) is 6.20 Å². The molecular formula is C26H33FN3+. The summed E-state index contributed by atoms with van der Waals surface area (Å²) < 4.78 is 16.4. The van der Waals surface area contributed by atoms with Crippen LogP contribution in [0.2, 0.25) is 0 Å². The topological polar surface area (TPSA) is 29.7 Å². The van der Waals surface area contributed by atoms with Crippen molar-refractivity contribution in [3.8, 4) is 0 Å². The van der Waals surface area contributed by atoms with Crippen LogP contribution in [0.4, 0.5) is 4.39 Å². The zero-order valence-corrected chi connectivity index (χ0v) is 19.2. The Kier molecular flexibility index (Phi) is 5.81. The lowest BCUT2D eigenvalue weighted by atomic mass is 9.79. The molecule has 0 aliphatic rings. The predicted octanol–water partition coefficient (Wildman–Crippen LogP) is 5.50. The molecule has 0 aliphatic carbocycles. The van der Waals surface area contributed by atoms with Gasteiger partial charge in [-0.05, 0) is 46.1 Å². The second-order valence-corrected chi connectivity index (χ2v) is 10.3. The van der Waals surface area contributed by atoms with Gasteiger partial charge in [0.2, 0.25) is 5.54 Å². The summed E-state index contributed by atoms with van der Waals surface area (Å²) in [5.41, 5.74) is 3.58. The van der Waals surface area contributed by atoms with Gasteiger partial charge in [0.25, 0.3) is 0 Å². The third kappa shape index (κ3) is 4.58. The SMILES string of the molecule is CC(C)(C)c1cc[n+](C(C)(C)c2ccc(CC(C)(C)c3ccncc3F)cn2)cc1. The fourth-order valence-corrected chi connectivity index (χ4v) is 3.85. The van der Waals surface area contributed by atoms with E-state index in [-0.39, 0.29) is 22.2 Å². The zero-order valence-electron chi connectivity index (χ0n) is 19.2. The van der Waals surface area contributed by atoms with Crippen molar-refractivity contribution < 1.29 is 8.96 Å². The molecule has 3 aromatic heterocycles.